The predicted octanol–water partition coefficient (Wildman–Crippen LogP) is 2.33. The van der Waals surface area contributed by atoms with E-state index < -0.39 is 15.8 Å². The maximum atomic E-state index is 14.1. The first-order valence-electron chi connectivity index (χ1n) is 7.30. The largest absolute Gasteiger partial charge is 0.377 e. The first-order valence-corrected chi connectivity index (χ1v) is 8.91. The number of halogens is 1. The van der Waals surface area contributed by atoms with Crippen LogP contribution in [0.3, 0.4) is 0 Å². The summed E-state index contributed by atoms with van der Waals surface area (Å²) in [4.78, 5) is 8.22. The lowest BCUT2D eigenvalue weighted by atomic mass is 10.2. The van der Waals surface area contributed by atoms with Gasteiger partial charge in [0.2, 0.25) is 10.0 Å². The summed E-state index contributed by atoms with van der Waals surface area (Å²) in [5.74, 6) is -0.492. The molecular weight excluding hydrogens is 319 g/mol. The third-order valence-corrected chi connectivity index (χ3v) is 5.58. The molecule has 1 atom stereocenters. The Morgan fingerprint density at radius 1 is 1.35 bits per heavy atom. The van der Waals surface area contributed by atoms with E-state index in [4.69, 9.17) is 0 Å². The number of rotatable bonds is 4. The summed E-state index contributed by atoms with van der Waals surface area (Å²) in [5, 5.41) is 3.19. The second-order valence-corrected chi connectivity index (χ2v) is 7.42. The van der Waals surface area contributed by atoms with Gasteiger partial charge in [0.05, 0.1) is 29.4 Å². The van der Waals surface area contributed by atoms with Gasteiger partial charge in [-0.05, 0) is 31.5 Å². The van der Waals surface area contributed by atoms with E-state index in [2.05, 4.69) is 15.3 Å². The zero-order valence-electron chi connectivity index (χ0n) is 12.6. The van der Waals surface area contributed by atoms with E-state index in [0.717, 1.165) is 10.00 Å². The lowest BCUT2D eigenvalue weighted by Gasteiger charge is -2.20. The zero-order valence-corrected chi connectivity index (χ0v) is 13.4. The summed E-state index contributed by atoms with van der Waals surface area (Å²) in [6.45, 7) is 2.21. The van der Waals surface area contributed by atoms with Crippen LogP contribution in [0.15, 0.2) is 36.8 Å². The van der Waals surface area contributed by atoms with E-state index in [1.165, 1.54) is 12.1 Å². The fourth-order valence-electron chi connectivity index (χ4n) is 2.56. The van der Waals surface area contributed by atoms with Crippen molar-refractivity contribution in [2.24, 2.45) is 0 Å². The molecular formula is C15H17FN4O2S. The first-order chi connectivity index (χ1) is 11.0. The van der Waals surface area contributed by atoms with E-state index in [1.807, 2.05) is 6.92 Å². The average Bonchev–Trinajstić information content (AvgIpc) is 2.89. The van der Waals surface area contributed by atoms with Crippen LogP contribution >= 0.6 is 0 Å². The summed E-state index contributed by atoms with van der Waals surface area (Å²) >= 11 is 0. The van der Waals surface area contributed by atoms with Crippen molar-refractivity contribution in [2.45, 2.75) is 19.4 Å². The van der Waals surface area contributed by atoms with Crippen LogP contribution in [-0.4, -0.2) is 30.7 Å². The van der Waals surface area contributed by atoms with Crippen LogP contribution in [-0.2, 0) is 10.0 Å². The van der Waals surface area contributed by atoms with Crippen molar-refractivity contribution in [1.82, 2.24) is 9.97 Å². The minimum absolute atomic E-state index is 0.0557. The lowest BCUT2D eigenvalue weighted by Crippen LogP contribution is -2.26. The van der Waals surface area contributed by atoms with E-state index in [-0.39, 0.29) is 17.5 Å². The number of hydrogen-bond donors (Lipinski definition) is 1. The molecule has 0 saturated carbocycles. The molecule has 1 aliphatic rings. The van der Waals surface area contributed by atoms with Crippen molar-refractivity contribution in [3.8, 4) is 0 Å². The van der Waals surface area contributed by atoms with E-state index in [1.54, 1.807) is 24.7 Å². The quantitative estimate of drug-likeness (QED) is 0.927. The van der Waals surface area contributed by atoms with Crippen molar-refractivity contribution in [2.75, 3.05) is 21.9 Å². The normalized spacial score (nSPS) is 17.9. The van der Waals surface area contributed by atoms with Crippen LogP contribution in [0.1, 0.15) is 25.1 Å². The Morgan fingerprint density at radius 3 is 2.83 bits per heavy atom. The topological polar surface area (TPSA) is 75.2 Å². The Kier molecular flexibility index (Phi) is 4.16. The Labute approximate surface area is 134 Å². The van der Waals surface area contributed by atoms with E-state index >= 15 is 0 Å². The SMILES string of the molecule is C[C@H](Nc1ccc(F)c(N2CCCS2(=O)=O)c1)c1cnccn1. The maximum Gasteiger partial charge on any atom is 0.235 e. The first kappa shape index (κ1) is 15.7. The molecule has 0 aliphatic carbocycles. The third kappa shape index (κ3) is 3.26. The number of nitrogens with one attached hydrogen (secondary N) is 1. The van der Waals surface area contributed by atoms with Crippen molar-refractivity contribution in [3.05, 3.63) is 48.3 Å². The number of hydrogen-bond acceptors (Lipinski definition) is 5. The molecule has 1 aromatic carbocycles. The van der Waals surface area contributed by atoms with E-state index in [9.17, 15) is 12.8 Å². The molecule has 0 radical (unpaired) electrons. The van der Waals surface area contributed by atoms with Crippen LogP contribution in [0.5, 0.6) is 0 Å². The molecule has 122 valence electrons. The van der Waals surface area contributed by atoms with Crippen LogP contribution < -0.4 is 9.62 Å². The zero-order chi connectivity index (χ0) is 16.4. The molecule has 1 N–H and O–H groups in total. The standard InChI is InChI=1S/C15H17FN4O2S/c1-11(14-10-17-5-6-18-14)19-12-3-4-13(16)15(9-12)20-7-2-8-23(20,21)22/h3-6,9-11,19H,2,7-8H2,1H3/t11-/m0/s1. The summed E-state index contributed by atoms with van der Waals surface area (Å²) < 4.78 is 39.2. The highest BCUT2D eigenvalue weighted by molar-refractivity contribution is 7.93. The van der Waals surface area contributed by atoms with Crippen LogP contribution in [0.4, 0.5) is 15.8 Å². The van der Waals surface area contributed by atoms with Gasteiger partial charge < -0.3 is 5.32 Å². The Morgan fingerprint density at radius 2 is 2.17 bits per heavy atom. The Hall–Kier alpha value is -2.22. The summed E-state index contributed by atoms with van der Waals surface area (Å²) in [6, 6.07) is 4.23. The van der Waals surface area contributed by atoms with Crippen molar-refractivity contribution < 1.29 is 12.8 Å². The molecule has 1 saturated heterocycles. The molecule has 23 heavy (non-hydrogen) atoms. The Balaban J connectivity index is 1.86. The number of sulfonamides is 1. The molecule has 1 fully saturated rings. The minimum Gasteiger partial charge on any atom is -0.377 e. The van der Waals surface area contributed by atoms with Gasteiger partial charge in [-0.15, -0.1) is 0 Å². The molecule has 1 aliphatic heterocycles. The number of anilines is 2. The molecule has 0 amide bonds. The highest BCUT2D eigenvalue weighted by Gasteiger charge is 2.30. The van der Waals surface area contributed by atoms with Crippen LogP contribution in [0, 0.1) is 5.82 Å². The fourth-order valence-corrected chi connectivity index (χ4v) is 4.12. The van der Waals surface area contributed by atoms with Gasteiger partial charge in [-0.2, -0.15) is 0 Å². The third-order valence-electron chi connectivity index (χ3n) is 3.72. The molecule has 3 rings (SSSR count). The maximum absolute atomic E-state index is 14.1. The number of aromatic nitrogens is 2. The molecule has 1 aromatic heterocycles. The molecule has 0 bridgehead atoms. The number of nitrogens with zero attached hydrogens (tertiary/aromatic N) is 3. The molecule has 6 nitrogen and oxygen atoms in total. The van der Waals surface area contributed by atoms with Crippen molar-refractivity contribution in [3.63, 3.8) is 0 Å². The highest BCUT2D eigenvalue weighted by Crippen LogP contribution is 2.30. The van der Waals surface area contributed by atoms with Gasteiger partial charge in [0.1, 0.15) is 5.82 Å². The van der Waals surface area contributed by atoms with Gasteiger partial charge in [0.15, 0.2) is 0 Å². The number of benzene rings is 1. The molecule has 8 heteroatoms. The molecule has 2 heterocycles. The minimum atomic E-state index is -3.42. The second-order valence-electron chi connectivity index (χ2n) is 5.40. The average molecular weight is 336 g/mol. The van der Waals surface area contributed by atoms with Gasteiger partial charge in [-0.25, -0.2) is 12.8 Å². The van der Waals surface area contributed by atoms with Gasteiger partial charge in [0.25, 0.3) is 0 Å². The molecule has 2 aromatic rings. The monoisotopic (exact) mass is 336 g/mol. The smallest absolute Gasteiger partial charge is 0.235 e. The van der Waals surface area contributed by atoms with Crippen molar-refractivity contribution in [1.29, 1.82) is 0 Å². The lowest BCUT2D eigenvalue weighted by molar-refractivity contribution is 0.595. The van der Waals surface area contributed by atoms with Crippen molar-refractivity contribution >= 4 is 21.4 Å². The summed E-state index contributed by atoms with van der Waals surface area (Å²) in [5.41, 5.74) is 1.45. The van der Waals surface area contributed by atoms with Gasteiger partial charge in [0, 0.05) is 24.6 Å². The molecule has 0 unspecified atom stereocenters. The molecule has 0 spiro atoms. The second kappa shape index (κ2) is 6.11. The van der Waals surface area contributed by atoms with Crippen LogP contribution in [0.25, 0.3) is 0 Å². The predicted molar refractivity (Wildman–Crippen MR) is 86.2 cm³/mol. The van der Waals surface area contributed by atoms with Gasteiger partial charge in [-0.3, -0.25) is 14.3 Å². The fraction of sp³-hybridized carbons (Fsp3) is 0.333. The highest BCUT2D eigenvalue weighted by atomic mass is 32.2. The van der Waals surface area contributed by atoms with Gasteiger partial charge >= 0.3 is 0 Å². The Bertz CT molecular complexity index is 798. The van der Waals surface area contributed by atoms with Gasteiger partial charge in [-0.1, -0.05) is 0 Å². The van der Waals surface area contributed by atoms with Crippen LogP contribution in [0.2, 0.25) is 0 Å². The summed E-state index contributed by atoms with van der Waals surface area (Å²) in [7, 11) is -3.42. The van der Waals surface area contributed by atoms with E-state index in [0.29, 0.717) is 18.7 Å². The summed E-state index contributed by atoms with van der Waals surface area (Å²) in [6.07, 6.45) is 5.34.